The van der Waals surface area contributed by atoms with Gasteiger partial charge in [-0.15, -0.1) is 13.2 Å². The third kappa shape index (κ3) is 5.95. The first-order valence-electron chi connectivity index (χ1n) is 8.97. The second kappa shape index (κ2) is 8.55. The van der Waals surface area contributed by atoms with E-state index in [2.05, 4.69) is 25.3 Å². The molecule has 0 aliphatic heterocycles. The molecule has 0 radical (unpaired) electrons. The summed E-state index contributed by atoms with van der Waals surface area (Å²) in [5, 5.41) is 4.67. The van der Waals surface area contributed by atoms with Crippen molar-refractivity contribution in [3.8, 4) is 5.75 Å². The van der Waals surface area contributed by atoms with Crippen molar-refractivity contribution in [2.24, 2.45) is 5.92 Å². The van der Waals surface area contributed by atoms with E-state index in [1.54, 1.807) is 0 Å². The monoisotopic (exact) mass is 452 g/mol. The molecule has 2 N–H and O–H groups in total. The molecule has 1 amide bonds. The molecule has 1 fully saturated rings. The van der Waals surface area contributed by atoms with Crippen molar-refractivity contribution in [2.75, 3.05) is 11.9 Å². The maximum absolute atomic E-state index is 13.8. The van der Waals surface area contributed by atoms with Crippen LogP contribution in [0, 0.1) is 11.7 Å². The average Bonchev–Trinajstić information content (AvgIpc) is 2.61. The number of aromatic nitrogens is 2. The molecule has 0 spiro atoms. The smallest absolute Gasteiger partial charge is 0.403 e. The molecule has 1 aromatic carbocycles. The number of hydrogen-bond acceptors (Lipinski definition) is 5. The van der Waals surface area contributed by atoms with Crippen LogP contribution in [0.1, 0.15) is 35.3 Å². The van der Waals surface area contributed by atoms with Crippen LogP contribution in [0.2, 0.25) is 0 Å². The van der Waals surface area contributed by atoms with Crippen LogP contribution in [0.5, 0.6) is 5.75 Å². The van der Waals surface area contributed by atoms with Gasteiger partial charge in [-0.05, 0) is 30.9 Å². The van der Waals surface area contributed by atoms with Crippen LogP contribution in [0.25, 0.3) is 0 Å². The summed E-state index contributed by atoms with van der Waals surface area (Å²) in [6, 6.07) is 2.13. The Bertz CT molecular complexity index is 959. The zero-order chi connectivity index (χ0) is 22.8. The lowest BCUT2D eigenvalue weighted by Gasteiger charge is -2.25. The summed E-state index contributed by atoms with van der Waals surface area (Å²) >= 11 is 0. The van der Waals surface area contributed by atoms with Crippen LogP contribution in [0.15, 0.2) is 24.4 Å². The third-order valence-corrected chi connectivity index (χ3v) is 4.49. The number of anilines is 2. The van der Waals surface area contributed by atoms with Crippen molar-refractivity contribution < 1.29 is 40.3 Å². The van der Waals surface area contributed by atoms with Gasteiger partial charge in [-0.1, -0.05) is 6.42 Å². The van der Waals surface area contributed by atoms with E-state index in [-0.39, 0.29) is 18.2 Å². The van der Waals surface area contributed by atoms with E-state index in [0.29, 0.717) is 18.3 Å². The molecule has 1 aliphatic carbocycles. The minimum atomic E-state index is -5.12. The van der Waals surface area contributed by atoms with E-state index in [0.717, 1.165) is 25.3 Å². The highest BCUT2D eigenvalue weighted by atomic mass is 19.4. The van der Waals surface area contributed by atoms with Crippen molar-refractivity contribution in [1.82, 2.24) is 15.3 Å². The number of nitrogens with zero attached hydrogens (tertiary/aromatic N) is 2. The Morgan fingerprint density at radius 3 is 2.42 bits per heavy atom. The van der Waals surface area contributed by atoms with Gasteiger partial charge in [-0.25, -0.2) is 14.4 Å². The zero-order valence-corrected chi connectivity index (χ0v) is 15.6. The Morgan fingerprint density at radius 2 is 1.87 bits per heavy atom. The minimum absolute atomic E-state index is 0.222. The fourth-order valence-electron chi connectivity index (χ4n) is 2.77. The van der Waals surface area contributed by atoms with Crippen LogP contribution in [-0.4, -0.2) is 28.8 Å². The van der Waals surface area contributed by atoms with Gasteiger partial charge in [-0.3, -0.25) is 4.79 Å². The van der Waals surface area contributed by atoms with Gasteiger partial charge < -0.3 is 15.4 Å². The van der Waals surface area contributed by atoms with E-state index in [1.165, 1.54) is 0 Å². The fourth-order valence-corrected chi connectivity index (χ4v) is 2.77. The Hall–Kier alpha value is -3.12. The van der Waals surface area contributed by atoms with E-state index in [1.807, 2.05) is 0 Å². The van der Waals surface area contributed by atoms with Crippen LogP contribution in [0.4, 0.5) is 42.4 Å². The predicted molar refractivity (Wildman–Crippen MR) is 93.1 cm³/mol. The first kappa shape index (κ1) is 22.6. The van der Waals surface area contributed by atoms with Gasteiger partial charge in [-0.2, -0.15) is 13.2 Å². The molecule has 0 bridgehead atoms. The van der Waals surface area contributed by atoms with Crippen LogP contribution in [0.3, 0.4) is 0 Å². The molecule has 1 aliphatic rings. The molecule has 31 heavy (non-hydrogen) atoms. The summed E-state index contributed by atoms with van der Waals surface area (Å²) in [6.45, 7) is 0.238. The molecule has 0 unspecified atom stereocenters. The number of halogens is 7. The molecule has 0 saturated heterocycles. The topological polar surface area (TPSA) is 76.1 Å². The molecule has 6 nitrogen and oxygen atoms in total. The number of hydrogen-bond donors (Lipinski definition) is 2. The van der Waals surface area contributed by atoms with Crippen molar-refractivity contribution in [1.29, 1.82) is 0 Å². The van der Waals surface area contributed by atoms with Crippen molar-refractivity contribution in [3.05, 3.63) is 41.5 Å². The Labute approximate surface area is 170 Å². The molecule has 0 atom stereocenters. The SMILES string of the molecule is O=C(NCC1CCC1)c1cnc(Nc2ccc(OC(F)(F)F)c(F)c2)nc1C(F)(F)F. The lowest BCUT2D eigenvalue weighted by molar-refractivity contribution is -0.275. The number of amides is 1. The van der Waals surface area contributed by atoms with Crippen molar-refractivity contribution >= 4 is 17.5 Å². The highest BCUT2D eigenvalue weighted by molar-refractivity contribution is 5.95. The van der Waals surface area contributed by atoms with Gasteiger partial charge in [0.15, 0.2) is 17.3 Å². The largest absolute Gasteiger partial charge is 0.573 e. The van der Waals surface area contributed by atoms with Crippen molar-refractivity contribution in [2.45, 2.75) is 31.8 Å². The van der Waals surface area contributed by atoms with Crippen LogP contribution < -0.4 is 15.4 Å². The van der Waals surface area contributed by atoms with Crippen LogP contribution >= 0.6 is 0 Å². The van der Waals surface area contributed by atoms with E-state index < -0.39 is 47.2 Å². The summed E-state index contributed by atoms with van der Waals surface area (Å²) in [6.07, 6.45) is -6.66. The predicted octanol–water partition coefficient (Wildman–Crippen LogP) is 4.81. The van der Waals surface area contributed by atoms with Gasteiger partial charge in [0.2, 0.25) is 5.95 Å². The van der Waals surface area contributed by atoms with E-state index in [9.17, 15) is 35.5 Å². The van der Waals surface area contributed by atoms with Gasteiger partial charge in [0.1, 0.15) is 0 Å². The number of carbonyl (C=O) groups is 1. The number of rotatable bonds is 6. The molecule has 3 rings (SSSR count). The molecule has 1 heterocycles. The summed E-state index contributed by atoms with van der Waals surface area (Å²) in [7, 11) is 0. The third-order valence-electron chi connectivity index (χ3n) is 4.49. The molecule has 2 aromatic rings. The van der Waals surface area contributed by atoms with Gasteiger partial charge in [0.05, 0.1) is 5.56 Å². The second-order valence-corrected chi connectivity index (χ2v) is 6.78. The van der Waals surface area contributed by atoms with Gasteiger partial charge >= 0.3 is 12.5 Å². The molecular weight excluding hydrogens is 437 g/mol. The number of ether oxygens (including phenoxy) is 1. The summed E-state index contributed by atoms with van der Waals surface area (Å²) in [5.41, 5.74) is -2.52. The quantitative estimate of drug-likeness (QED) is 0.616. The zero-order valence-electron chi connectivity index (χ0n) is 15.6. The summed E-state index contributed by atoms with van der Waals surface area (Å²) in [4.78, 5) is 19.1. The molecular formula is C18H15F7N4O2. The first-order chi connectivity index (χ1) is 14.4. The molecule has 1 saturated carbocycles. The van der Waals surface area contributed by atoms with Crippen molar-refractivity contribution in [3.63, 3.8) is 0 Å². The second-order valence-electron chi connectivity index (χ2n) is 6.78. The number of alkyl halides is 6. The van der Waals surface area contributed by atoms with Gasteiger partial charge in [0.25, 0.3) is 5.91 Å². The molecule has 13 heteroatoms. The number of benzene rings is 1. The van der Waals surface area contributed by atoms with E-state index in [4.69, 9.17) is 0 Å². The summed E-state index contributed by atoms with van der Waals surface area (Å²) in [5.74, 6) is -3.92. The highest BCUT2D eigenvalue weighted by Crippen LogP contribution is 2.32. The lowest BCUT2D eigenvalue weighted by atomic mass is 9.85. The number of carbonyl (C=O) groups excluding carboxylic acids is 1. The minimum Gasteiger partial charge on any atom is -0.403 e. The highest BCUT2D eigenvalue weighted by Gasteiger charge is 2.38. The maximum atomic E-state index is 13.8. The summed E-state index contributed by atoms with van der Waals surface area (Å²) < 4.78 is 94.0. The fraction of sp³-hybridized carbons (Fsp3) is 0.389. The Morgan fingerprint density at radius 1 is 1.16 bits per heavy atom. The maximum Gasteiger partial charge on any atom is 0.573 e. The Balaban J connectivity index is 1.79. The first-order valence-corrected chi connectivity index (χ1v) is 8.97. The van der Waals surface area contributed by atoms with Crippen LogP contribution in [-0.2, 0) is 6.18 Å². The lowest BCUT2D eigenvalue weighted by Crippen LogP contribution is -2.33. The standard InChI is InChI=1S/C18H15F7N4O2/c19-12-6-10(4-5-13(12)31-18(23,24)25)28-16-27-8-11(14(29-16)17(20,21)22)15(30)26-7-9-2-1-3-9/h4-6,8-9H,1-3,7H2,(H,26,30)(H,27,28,29). The van der Waals surface area contributed by atoms with E-state index >= 15 is 0 Å². The average molecular weight is 452 g/mol. The molecule has 168 valence electrons. The Kier molecular flexibility index (Phi) is 6.23. The van der Waals surface area contributed by atoms with Gasteiger partial charge in [0, 0.05) is 24.5 Å². The molecule has 1 aromatic heterocycles. The number of nitrogens with one attached hydrogen (secondary N) is 2. The normalized spacial score (nSPS) is 14.7.